The lowest BCUT2D eigenvalue weighted by Gasteiger charge is -2.34. The first-order valence-corrected chi connectivity index (χ1v) is 12.9. The summed E-state index contributed by atoms with van der Waals surface area (Å²) < 4.78 is 16.1. The van der Waals surface area contributed by atoms with Crippen LogP contribution in [0.5, 0.6) is 0 Å². The summed E-state index contributed by atoms with van der Waals surface area (Å²) in [6, 6.07) is 20.8. The van der Waals surface area contributed by atoms with Crippen LogP contribution in [-0.2, 0) is 6.54 Å². The van der Waals surface area contributed by atoms with Gasteiger partial charge in [-0.15, -0.1) is 0 Å². The molecule has 2 aromatic carbocycles. The van der Waals surface area contributed by atoms with Crippen molar-refractivity contribution in [3.05, 3.63) is 89.9 Å². The van der Waals surface area contributed by atoms with E-state index in [1.165, 1.54) is 6.07 Å². The molecular weight excluding hydrogens is 481 g/mol. The lowest BCUT2D eigenvalue weighted by Crippen LogP contribution is -2.51. The van der Waals surface area contributed by atoms with Gasteiger partial charge >= 0.3 is 0 Å². The second-order valence-corrected chi connectivity index (χ2v) is 9.96. The molecule has 0 saturated heterocycles. The Bertz CT molecular complexity index is 1560. The van der Waals surface area contributed by atoms with E-state index < -0.39 is 0 Å². The summed E-state index contributed by atoms with van der Waals surface area (Å²) in [6.07, 6.45) is 4.76. The number of benzene rings is 2. The zero-order chi connectivity index (χ0) is 25.8. The van der Waals surface area contributed by atoms with Crippen molar-refractivity contribution in [2.45, 2.75) is 37.9 Å². The minimum atomic E-state index is -0.356. The SMILES string of the molecule is CN1C(=O)c2c(nn(Cc3ccc(-c4ncccc4F)cc3)c2Nc2ccccc2)N2C1=N[C@@H]1CCCC12. The summed E-state index contributed by atoms with van der Waals surface area (Å²) in [4.78, 5) is 26.6. The van der Waals surface area contributed by atoms with E-state index in [9.17, 15) is 9.18 Å². The lowest BCUT2D eigenvalue weighted by atomic mass is 10.1. The number of halogens is 1. The number of nitrogens with zero attached hydrogens (tertiary/aromatic N) is 6. The molecule has 2 aromatic heterocycles. The number of carbonyl (C=O) groups is 1. The van der Waals surface area contributed by atoms with E-state index >= 15 is 0 Å². The number of rotatable bonds is 5. The Morgan fingerprint density at radius 3 is 2.63 bits per heavy atom. The number of hydrogen-bond acceptors (Lipinski definition) is 6. The number of fused-ring (bicyclic) bond motifs is 5. The molecule has 7 rings (SSSR count). The molecule has 1 aliphatic carbocycles. The van der Waals surface area contributed by atoms with Crippen molar-refractivity contribution in [3.8, 4) is 11.3 Å². The Morgan fingerprint density at radius 2 is 1.84 bits per heavy atom. The number of aromatic nitrogens is 3. The van der Waals surface area contributed by atoms with Crippen LogP contribution in [0.1, 0.15) is 35.2 Å². The van der Waals surface area contributed by atoms with Gasteiger partial charge in [-0.05, 0) is 49.1 Å². The van der Waals surface area contributed by atoms with Gasteiger partial charge in [-0.2, -0.15) is 5.10 Å². The molecule has 4 aromatic rings. The maximum absolute atomic E-state index is 14.2. The molecule has 0 bridgehead atoms. The second-order valence-electron chi connectivity index (χ2n) is 9.96. The van der Waals surface area contributed by atoms with Crippen molar-refractivity contribution >= 4 is 29.2 Å². The van der Waals surface area contributed by atoms with Gasteiger partial charge in [0.05, 0.1) is 18.6 Å². The second kappa shape index (κ2) is 8.79. The Labute approximate surface area is 219 Å². The van der Waals surface area contributed by atoms with E-state index in [4.69, 9.17) is 10.1 Å². The highest BCUT2D eigenvalue weighted by Gasteiger charge is 2.49. The largest absolute Gasteiger partial charge is 0.340 e. The molecule has 38 heavy (non-hydrogen) atoms. The van der Waals surface area contributed by atoms with Gasteiger partial charge in [0.1, 0.15) is 22.9 Å². The van der Waals surface area contributed by atoms with Gasteiger partial charge in [0, 0.05) is 24.5 Å². The van der Waals surface area contributed by atoms with E-state index in [2.05, 4.69) is 15.2 Å². The molecule has 2 aliphatic heterocycles. The van der Waals surface area contributed by atoms with Crippen molar-refractivity contribution in [2.24, 2.45) is 4.99 Å². The fourth-order valence-corrected chi connectivity index (χ4v) is 5.74. The third-order valence-corrected chi connectivity index (χ3v) is 7.61. The van der Waals surface area contributed by atoms with E-state index in [1.807, 2.05) is 59.3 Å². The van der Waals surface area contributed by atoms with Gasteiger partial charge in [0.15, 0.2) is 5.82 Å². The van der Waals surface area contributed by atoms with Gasteiger partial charge in [0.2, 0.25) is 5.96 Å². The van der Waals surface area contributed by atoms with Crippen molar-refractivity contribution in [1.82, 2.24) is 19.7 Å². The minimum absolute atomic E-state index is 0.124. The van der Waals surface area contributed by atoms with Crippen LogP contribution in [0.15, 0.2) is 77.9 Å². The van der Waals surface area contributed by atoms with Crippen LogP contribution < -0.4 is 10.2 Å². The Hall–Kier alpha value is -4.53. The third-order valence-electron chi connectivity index (χ3n) is 7.61. The summed E-state index contributed by atoms with van der Waals surface area (Å²) >= 11 is 0. The fourth-order valence-electron chi connectivity index (χ4n) is 5.74. The summed E-state index contributed by atoms with van der Waals surface area (Å²) in [6.45, 7) is 0.429. The molecule has 1 N–H and O–H groups in total. The van der Waals surface area contributed by atoms with Gasteiger partial charge in [-0.25, -0.2) is 14.1 Å². The molecule has 1 amide bonds. The number of pyridine rings is 1. The molecule has 190 valence electrons. The maximum Gasteiger partial charge on any atom is 0.267 e. The molecule has 9 heteroatoms. The topological polar surface area (TPSA) is 78.7 Å². The van der Waals surface area contributed by atoms with E-state index in [0.29, 0.717) is 41.0 Å². The molecule has 1 saturated carbocycles. The number of aliphatic imine (C=N–C) groups is 1. The van der Waals surface area contributed by atoms with E-state index in [1.54, 1.807) is 24.2 Å². The first-order chi connectivity index (χ1) is 18.6. The molecule has 8 nitrogen and oxygen atoms in total. The van der Waals surface area contributed by atoms with Crippen molar-refractivity contribution in [1.29, 1.82) is 0 Å². The van der Waals surface area contributed by atoms with Gasteiger partial charge in [0.25, 0.3) is 5.91 Å². The van der Waals surface area contributed by atoms with Gasteiger partial charge in [-0.1, -0.05) is 42.5 Å². The molecular formula is C29H26FN7O. The minimum Gasteiger partial charge on any atom is -0.340 e. The first-order valence-electron chi connectivity index (χ1n) is 12.9. The zero-order valence-electron chi connectivity index (χ0n) is 20.9. The van der Waals surface area contributed by atoms with E-state index in [-0.39, 0.29) is 23.8 Å². The predicted molar refractivity (Wildman–Crippen MR) is 144 cm³/mol. The van der Waals surface area contributed by atoms with Crippen molar-refractivity contribution in [2.75, 3.05) is 17.3 Å². The Morgan fingerprint density at radius 1 is 1.03 bits per heavy atom. The van der Waals surface area contributed by atoms with Crippen LogP contribution in [0.3, 0.4) is 0 Å². The molecule has 0 radical (unpaired) electrons. The fraction of sp³-hybridized carbons (Fsp3) is 0.241. The quantitative estimate of drug-likeness (QED) is 0.409. The zero-order valence-corrected chi connectivity index (χ0v) is 20.9. The molecule has 0 spiro atoms. The number of amides is 1. The average Bonchev–Trinajstić information content (AvgIpc) is 3.63. The predicted octanol–water partition coefficient (Wildman–Crippen LogP) is 5.06. The van der Waals surface area contributed by atoms with Crippen LogP contribution in [-0.4, -0.2) is 50.7 Å². The number of para-hydroxylation sites is 1. The van der Waals surface area contributed by atoms with Gasteiger partial charge in [-0.3, -0.25) is 19.6 Å². The molecule has 4 heterocycles. The highest BCUT2D eigenvalue weighted by atomic mass is 19.1. The van der Waals surface area contributed by atoms with Crippen LogP contribution in [0.4, 0.5) is 21.7 Å². The normalized spacial score (nSPS) is 19.7. The van der Waals surface area contributed by atoms with Gasteiger partial charge < -0.3 is 5.32 Å². The van der Waals surface area contributed by atoms with Crippen LogP contribution in [0.2, 0.25) is 0 Å². The van der Waals surface area contributed by atoms with Crippen molar-refractivity contribution < 1.29 is 9.18 Å². The molecule has 3 aliphatic rings. The molecule has 1 fully saturated rings. The molecule has 2 atom stereocenters. The Balaban J connectivity index is 1.30. The summed E-state index contributed by atoms with van der Waals surface area (Å²) in [5.74, 6) is 1.51. The monoisotopic (exact) mass is 507 g/mol. The lowest BCUT2D eigenvalue weighted by molar-refractivity contribution is 0.0866. The van der Waals surface area contributed by atoms with Crippen LogP contribution >= 0.6 is 0 Å². The number of anilines is 3. The highest BCUT2D eigenvalue weighted by Crippen LogP contribution is 2.43. The number of nitrogens with one attached hydrogen (secondary N) is 1. The smallest absolute Gasteiger partial charge is 0.267 e. The van der Waals surface area contributed by atoms with Crippen LogP contribution in [0.25, 0.3) is 11.3 Å². The summed E-state index contributed by atoms with van der Waals surface area (Å²) in [5, 5.41) is 8.47. The maximum atomic E-state index is 14.2. The highest BCUT2D eigenvalue weighted by molar-refractivity contribution is 6.21. The van der Waals surface area contributed by atoms with Crippen molar-refractivity contribution in [3.63, 3.8) is 0 Å². The number of hydrogen-bond donors (Lipinski definition) is 1. The number of guanidine groups is 1. The number of carbonyl (C=O) groups excluding carboxylic acids is 1. The van der Waals surface area contributed by atoms with E-state index in [0.717, 1.165) is 30.5 Å². The van der Waals surface area contributed by atoms with Crippen LogP contribution in [0, 0.1) is 5.82 Å². The Kier molecular flexibility index (Phi) is 5.24. The molecule has 1 unspecified atom stereocenters. The first kappa shape index (κ1) is 22.7. The average molecular weight is 508 g/mol. The summed E-state index contributed by atoms with van der Waals surface area (Å²) in [5.41, 5.74) is 3.41. The standard InChI is InChI=1S/C29H26FN7O/c1-35-28(38)24-26(32-20-7-3-2-4-8-20)36(34-27(24)37-23-11-5-10-22(23)33-29(35)37)17-18-12-14-19(15-13-18)25-21(30)9-6-16-31-25/h2-4,6-9,12-16,22-23,32H,5,10-11,17H2,1H3/t22-,23?/m1/s1. The third kappa shape index (κ3) is 3.57. The summed E-state index contributed by atoms with van der Waals surface area (Å²) in [7, 11) is 1.79.